The van der Waals surface area contributed by atoms with E-state index in [2.05, 4.69) is 127 Å². The first-order chi connectivity index (χ1) is 15.7. The highest BCUT2D eigenvalue weighted by Gasteiger charge is 2.19. The fraction of sp³-hybridized carbons (Fsp3) is 0. The van der Waals surface area contributed by atoms with Crippen LogP contribution in [-0.4, -0.2) is 13.9 Å². The minimum absolute atomic E-state index is 0.00584. The lowest BCUT2D eigenvalue weighted by molar-refractivity contribution is 1.18. The summed E-state index contributed by atoms with van der Waals surface area (Å²) in [5, 5.41) is 3.67. The summed E-state index contributed by atoms with van der Waals surface area (Å²) in [6, 6.07) is 36.3. The van der Waals surface area contributed by atoms with Gasteiger partial charge in [0.15, 0.2) is 0 Å². The fourth-order valence-corrected chi connectivity index (χ4v) is 5.28. The van der Waals surface area contributed by atoms with Crippen LogP contribution in [0.15, 0.2) is 103 Å². The molecule has 0 atom stereocenters. The molecule has 6 rings (SSSR count). The second kappa shape index (κ2) is 7.91. The average Bonchev–Trinajstić information content (AvgIpc) is 3.18. The predicted octanol–water partition coefficient (Wildman–Crippen LogP) is 7.48. The van der Waals surface area contributed by atoms with Gasteiger partial charge in [-0.15, -0.1) is 31.5 Å². The van der Waals surface area contributed by atoms with Crippen LogP contribution in [0.1, 0.15) is 0 Å². The number of halogens is 2. The van der Waals surface area contributed by atoms with Crippen molar-refractivity contribution < 1.29 is 0 Å². The standard InChI is InChI=1S/C27H17BBr2N2/c29-28(30)23-17-19(14-15-22(23)25-16-13-18-7-1-4-10-24(18)31-25)32-26-11-5-2-8-20(26)21-9-3-6-12-27(21)32/h1-17H. The second-order valence-corrected chi connectivity index (χ2v) is 10.9. The van der Waals surface area contributed by atoms with Crippen molar-refractivity contribution in [3.8, 4) is 16.9 Å². The van der Waals surface area contributed by atoms with Gasteiger partial charge in [0.2, 0.25) is 0 Å². The Morgan fingerprint density at radius 3 is 2.03 bits per heavy atom. The molecular formula is C27H17BBr2N2. The summed E-state index contributed by atoms with van der Waals surface area (Å²) in [4.78, 5) is 4.93. The molecule has 0 N–H and O–H groups in total. The molecule has 0 bridgehead atoms. The third-order valence-corrected chi connectivity index (χ3v) is 6.97. The van der Waals surface area contributed by atoms with E-state index >= 15 is 0 Å². The van der Waals surface area contributed by atoms with Crippen LogP contribution in [0.3, 0.4) is 0 Å². The Morgan fingerprint density at radius 2 is 1.31 bits per heavy atom. The van der Waals surface area contributed by atoms with Crippen LogP contribution in [0.25, 0.3) is 49.7 Å². The zero-order valence-electron chi connectivity index (χ0n) is 17.0. The Kier molecular flexibility index (Phi) is 4.89. The quantitative estimate of drug-likeness (QED) is 0.213. The summed E-state index contributed by atoms with van der Waals surface area (Å²) in [6.07, 6.45) is 0. The lowest BCUT2D eigenvalue weighted by atomic mass is 9.87. The van der Waals surface area contributed by atoms with Crippen LogP contribution in [0.2, 0.25) is 0 Å². The Balaban J connectivity index is 1.59. The minimum Gasteiger partial charge on any atom is -0.309 e. The van der Waals surface area contributed by atoms with Crippen molar-refractivity contribution in [1.82, 2.24) is 9.55 Å². The lowest BCUT2D eigenvalue weighted by Gasteiger charge is -2.14. The van der Waals surface area contributed by atoms with E-state index in [0.717, 1.165) is 33.3 Å². The molecule has 2 aromatic heterocycles. The van der Waals surface area contributed by atoms with Crippen molar-refractivity contribution in [2.45, 2.75) is 0 Å². The Hall–Kier alpha value is -2.89. The number of nitrogens with zero attached hydrogens (tertiary/aromatic N) is 2. The van der Waals surface area contributed by atoms with E-state index in [1.54, 1.807) is 0 Å². The van der Waals surface area contributed by atoms with E-state index in [-0.39, 0.29) is 4.36 Å². The largest absolute Gasteiger partial charge is 0.330 e. The minimum atomic E-state index is 0.00584. The zero-order valence-corrected chi connectivity index (χ0v) is 20.2. The van der Waals surface area contributed by atoms with E-state index in [0.29, 0.717) is 0 Å². The summed E-state index contributed by atoms with van der Waals surface area (Å²) in [5.41, 5.74) is 7.77. The first kappa shape index (κ1) is 19.8. The molecule has 0 aliphatic carbocycles. The van der Waals surface area contributed by atoms with Crippen LogP contribution in [0.5, 0.6) is 0 Å². The molecule has 0 aliphatic rings. The van der Waals surface area contributed by atoms with E-state index in [4.69, 9.17) is 4.98 Å². The molecule has 2 heterocycles. The number of hydrogen-bond acceptors (Lipinski definition) is 1. The third kappa shape index (κ3) is 3.19. The van der Waals surface area contributed by atoms with Crippen molar-refractivity contribution in [3.05, 3.63) is 103 Å². The monoisotopic (exact) mass is 538 g/mol. The van der Waals surface area contributed by atoms with Gasteiger partial charge < -0.3 is 4.57 Å². The van der Waals surface area contributed by atoms with Gasteiger partial charge in [0.05, 0.1) is 22.2 Å². The summed E-state index contributed by atoms with van der Waals surface area (Å²) < 4.78 is 2.35. The van der Waals surface area contributed by atoms with Crippen LogP contribution in [-0.2, 0) is 0 Å². The average molecular weight is 540 g/mol. The molecule has 0 saturated carbocycles. The predicted molar refractivity (Wildman–Crippen MR) is 145 cm³/mol. The lowest BCUT2D eigenvalue weighted by Crippen LogP contribution is -2.21. The number of hydrogen-bond donors (Lipinski definition) is 0. The number of benzene rings is 4. The molecular weight excluding hydrogens is 523 g/mol. The maximum Gasteiger partial charge on any atom is 0.330 e. The Labute approximate surface area is 202 Å². The molecule has 2 nitrogen and oxygen atoms in total. The summed E-state index contributed by atoms with van der Waals surface area (Å²) in [5.74, 6) is 0. The van der Waals surface area contributed by atoms with E-state index in [9.17, 15) is 0 Å². The maximum absolute atomic E-state index is 4.93. The highest BCUT2D eigenvalue weighted by atomic mass is 79.9. The molecule has 0 aliphatic heterocycles. The number of fused-ring (bicyclic) bond motifs is 4. The molecule has 0 radical (unpaired) electrons. The maximum atomic E-state index is 4.93. The van der Waals surface area contributed by atoms with Gasteiger partial charge in [0.25, 0.3) is 0 Å². The van der Waals surface area contributed by atoms with Gasteiger partial charge in [-0.2, -0.15) is 0 Å². The Bertz CT molecular complexity index is 1570. The fourth-order valence-electron chi connectivity index (χ4n) is 4.52. The number of rotatable bonds is 3. The number of pyridine rings is 1. The second-order valence-electron chi connectivity index (χ2n) is 7.83. The van der Waals surface area contributed by atoms with Crippen molar-refractivity contribution >= 4 is 74.0 Å². The van der Waals surface area contributed by atoms with Gasteiger partial charge in [-0.25, -0.2) is 4.98 Å². The van der Waals surface area contributed by atoms with E-state index in [1.165, 1.54) is 21.8 Å². The Morgan fingerprint density at radius 1 is 0.656 bits per heavy atom. The first-order valence-corrected chi connectivity index (χ1v) is 12.3. The van der Waals surface area contributed by atoms with Crippen molar-refractivity contribution in [1.29, 1.82) is 0 Å². The molecule has 6 aromatic rings. The van der Waals surface area contributed by atoms with Crippen molar-refractivity contribution in [2.24, 2.45) is 0 Å². The van der Waals surface area contributed by atoms with E-state index < -0.39 is 0 Å². The molecule has 0 unspecified atom stereocenters. The zero-order chi connectivity index (χ0) is 21.7. The summed E-state index contributed by atoms with van der Waals surface area (Å²) in [7, 11) is 0. The molecule has 152 valence electrons. The molecule has 4 aromatic carbocycles. The van der Waals surface area contributed by atoms with Crippen molar-refractivity contribution in [2.75, 3.05) is 0 Å². The van der Waals surface area contributed by atoms with Gasteiger partial charge in [0.1, 0.15) is 0 Å². The van der Waals surface area contributed by atoms with Crippen molar-refractivity contribution in [3.63, 3.8) is 0 Å². The number of aromatic nitrogens is 2. The topological polar surface area (TPSA) is 17.8 Å². The smallest absolute Gasteiger partial charge is 0.309 e. The van der Waals surface area contributed by atoms with E-state index in [1.807, 2.05) is 12.1 Å². The highest BCUT2D eigenvalue weighted by Crippen LogP contribution is 2.32. The molecule has 0 spiro atoms. The molecule has 0 amide bonds. The molecule has 32 heavy (non-hydrogen) atoms. The first-order valence-electron chi connectivity index (χ1n) is 10.5. The number of para-hydroxylation sites is 3. The molecule has 0 fully saturated rings. The van der Waals surface area contributed by atoms with Gasteiger partial charge in [-0.05, 0) is 47.4 Å². The summed E-state index contributed by atoms with van der Waals surface area (Å²) >= 11 is 7.51. The highest BCUT2D eigenvalue weighted by molar-refractivity contribution is 9.49. The normalized spacial score (nSPS) is 11.4. The van der Waals surface area contributed by atoms with Crippen LogP contribution in [0, 0.1) is 0 Å². The van der Waals surface area contributed by atoms with Gasteiger partial charge >= 0.3 is 4.36 Å². The van der Waals surface area contributed by atoms with Gasteiger partial charge in [-0.1, -0.05) is 66.7 Å². The third-order valence-electron chi connectivity index (χ3n) is 5.98. The van der Waals surface area contributed by atoms with Crippen LogP contribution >= 0.6 is 31.5 Å². The summed E-state index contributed by atoms with van der Waals surface area (Å²) in [6.45, 7) is 0. The molecule has 5 heteroatoms. The van der Waals surface area contributed by atoms with Crippen LogP contribution in [0.4, 0.5) is 0 Å². The molecule has 0 saturated heterocycles. The van der Waals surface area contributed by atoms with Gasteiger partial charge in [-0.3, -0.25) is 0 Å². The SMILES string of the molecule is BrB(Br)c1cc(-n2c3ccccc3c3ccccc32)ccc1-c1ccc2ccccc2n1. The van der Waals surface area contributed by atoms with Gasteiger partial charge in [0, 0.05) is 21.8 Å². The van der Waals surface area contributed by atoms with Crippen LogP contribution < -0.4 is 5.46 Å².